The Morgan fingerprint density at radius 2 is 1.71 bits per heavy atom. The van der Waals surface area contributed by atoms with Crippen LogP contribution in [0, 0.1) is 6.92 Å². The van der Waals surface area contributed by atoms with Crippen LogP contribution in [0.4, 0.5) is 11.4 Å². The Bertz CT molecular complexity index is 1190. The summed E-state index contributed by atoms with van der Waals surface area (Å²) in [5, 5.41) is 16.3. The Morgan fingerprint density at radius 3 is 2.32 bits per heavy atom. The molecule has 0 aliphatic carbocycles. The van der Waals surface area contributed by atoms with Crippen LogP contribution < -0.4 is 15.4 Å². The van der Waals surface area contributed by atoms with Gasteiger partial charge in [0.2, 0.25) is 21.8 Å². The van der Waals surface area contributed by atoms with Crippen molar-refractivity contribution in [3.63, 3.8) is 0 Å². The number of carbonyl (C=O) groups is 2. The molecule has 1 heterocycles. The molecule has 0 aliphatic heterocycles. The van der Waals surface area contributed by atoms with Crippen LogP contribution in [-0.4, -0.2) is 46.5 Å². The van der Waals surface area contributed by atoms with E-state index >= 15 is 0 Å². The van der Waals surface area contributed by atoms with Crippen LogP contribution in [0.2, 0.25) is 0 Å². The number of carbonyl (C=O) groups excluding carboxylic acids is 2. The molecule has 0 fully saturated rings. The number of hydrogen-bond acceptors (Lipinski definition) is 7. The molecule has 0 saturated heterocycles. The van der Waals surface area contributed by atoms with Gasteiger partial charge in [-0.3, -0.25) is 9.59 Å². The van der Waals surface area contributed by atoms with E-state index in [1.807, 2.05) is 6.92 Å². The Labute approximate surface area is 178 Å². The smallest absolute Gasteiger partial charge is 0.242 e. The summed E-state index contributed by atoms with van der Waals surface area (Å²) in [6.45, 7) is 4.66. The molecule has 31 heavy (non-hydrogen) atoms. The lowest BCUT2D eigenvalue weighted by Crippen LogP contribution is -2.41. The van der Waals surface area contributed by atoms with Crippen LogP contribution in [0.25, 0.3) is 5.69 Å². The molecule has 3 N–H and O–H groups in total. The van der Waals surface area contributed by atoms with Crippen LogP contribution in [0.1, 0.15) is 19.4 Å². The summed E-state index contributed by atoms with van der Waals surface area (Å²) in [6, 6.07) is 9.75. The Balaban J connectivity index is 1.69. The molecule has 1 atom stereocenters. The van der Waals surface area contributed by atoms with E-state index in [1.54, 1.807) is 18.2 Å². The summed E-state index contributed by atoms with van der Waals surface area (Å²) in [5.41, 5.74) is 2.50. The fourth-order valence-electron chi connectivity index (χ4n) is 2.73. The van der Waals surface area contributed by atoms with Gasteiger partial charge in [-0.25, -0.2) is 13.1 Å². The van der Waals surface area contributed by atoms with Gasteiger partial charge < -0.3 is 10.6 Å². The largest absolute Gasteiger partial charge is 0.326 e. The van der Waals surface area contributed by atoms with Crippen LogP contribution in [-0.2, 0) is 19.6 Å². The molecule has 0 saturated carbocycles. The van der Waals surface area contributed by atoms with Gasteiger partial charge in [-0.2, -0.15) is 4.72 Å². The summed E-state index contributed by atoms with van der Waals surface area (Å²) >= 11 is 0. The number of amides is 2. The number of benzene rings is 2. The topological polar surface area (TPSA) is 148 Å². The lowest BCUT2D eigenvalue weighted by Gasteiger charge is -2.15. The second-order valence-corrected chi connectivity index (χ2v) is 8.51. The zero-order valence-corrected chi connectivity index (χ0v) is 17.8. The first-order chi connectivity index (χ1) is 14.7. The molecule has 2 aromatic carbocycles. The van der Waals surface area contributed by atoms with Crippen molar-refractivity contribution in [2.45, 2.75) is 31.7 Å². The zero-order chi connectivity index (χ0) is 22.6. The molecule has 2 amide bonds. The van der Waals surface area contributed by atoms with Gasteiger partial charge >= 0.3 is 0 Å². The highest BCUT2D eigenvalue weighted by atomic mass is 32.2. The summed E-state index contributed by atoms with van der Waals surface area (Å²) in [6.07, 6.45) is 1.43. The minimum atomic E-state index is -3.95. The number of aryl methyl sites for hydroxylation is 1. The van der Waals surface area contributed by atoms with Gasteiger partial charge in [0.1, 0.15) is 6.33 Å². The van der Waals surface area contributed by atoms with Crippen LogP contribution in [0.15, 0.2) is 53.7 Å². The number of nitrogens with one attached hydrogen (secondary N) is 3. The Morgan fingerprint density at radius 1 is 1.03 bits per heavy atom. The maximum Gasteiger partial charge on any atom is 0.242 e. The molecule has 3 aromatic rings. The molecule has 0 aliphatic rings. The van der Waals surface area contributed by atoms with Crippen LogP contribution in [0.5, 0.6) is 0 Å². The normalized spacial score (nSPS) is 12.2. The first-order valence-electron chi connectivity index (χ1n) is 9.20. The van der Waals surface area contributed by atoms with Crippen molar-refractivity contribution in [3.8, 4) is 5.69 Å². The average molecular weight is 443 g/mol. The minimum Gasteiger partial charge on any atom is -0.326 e. The van der Waals surface area contributed by atoms with Crippen LogP contribution in [0.3, 0.4) is 0 Å². The Hall–Kier alpha value is -3.64. The second kappa shape index (κ2) is 9.02. The monoisotopic (exact) mass is 443 g/mol. The van der Waals surface area contributed by atoms with Crippen molar-refractivity contribution in [3.05, 3.63) is 54.4 Å². The first kappa shape index (κ1) is 22.1. The summed E-state index contributed by atoms with van der Waals surface area (Å²) in [7, 11) is -3.95. The molecule has 0 unspecified atom stereocenters. The number of hydrogen-bond donors (Lipinski definition) is 3. The number of nitrogens with zero attached hydrogens (tertiary/aromatic N) is 4. The van der Waals surface area contributed by atoms with Gasteiger partial charge in [0.05, 0.1) is 16.6 Å². The maximum atomic E-state index is 12.6. The van der Waals surface area contributed by atoms with E-state index in [2.05, 4.69) is 30.9 Å². The van der Waals surface area contributed by atoms with Crippen LogP contribution >= 0.6 is 0 Å². The summed E-state index contributed by atoms with van der Waals surface area (Å²) in [4.78, 5) is 23.6. The SMILES string of the molecule is CC(=O)Nc1ccc(S(=O)(=O)N[C@@H](C)C(=O)Nc2ccc(C)c(-n3cnnn3)c2)cc1. The molecule has 12 heteroatoms. The van der Waals surface area contributed by atoms with Gasteiger partial charge in [-0.15, -0.1) is 5.10 Å². The standard InChI is InChI=1S/C19H21N7O4S/c1-12-4-5-16(10-18(12)26-11-20-24-25-26)22-19(28)13(2)23-31(29,30)17-8-6-15(7-9-17)21-14(3)27/h4-11,13,23H,1-3H3,(H,21,27)(H,22,28)/t13-/m0/s1. The number of anilines is 2. The second-order valence-electron chi connectivity index (χ2n) is 6.79. The lowest BCUT2D eigenvalue weighted by molar-refractivity contribution is -0.117. The lowest BCUT2D eigenvalue weighted by atomic mass is 10.1. The van der Waals surface area contributed by atoms with E-state index in [4.69, 9.17) is 0 Å². The first-order valence-corrected chi connectivity index (χ1v) is 10.7. The Kier molecular flexibility index (Phi) is 6.42. The fourth-order valence-corrected chi connectivity index (χ4v) is 3.93. The molecule has 11 nitrogen and oxygen atoms in total. The number of rotatable bonds is 7. The highest BCUT2D eigenvalue weighted by molar-refractivity contribution is 7.89. The molecular formula is C19H21N7O4S. The van der Waals surface area contributed by atoms with Crippen molar-refractivity contribution in [2.24, 2.45) is 0 Å². The maximum absolute atomic E-state index is 12.6. The highest BCUT2D eigenvalue weighted by Gasteiger charge is 2.22. The highest BCUT2D eigenvalue weighted by Crippen LogP contribution is 2.19. The molecule has 1 aromatic heterocycles. The van der Waals surface area contributed by atoms with Crippen molar-refractivity contribution in [1.29, 1.82) is 0 Å². The van der Waals surface area contributed by atoms with E-state index in [0.717, 1.165) is 5.56 Å². The van der Waals surface area contributed by atoms with Gasteiger partial charge in [0.15, 0.2) is 0 Å². The van der Waals surface area contributed by atoms with Crippen molar-refractivity contribution in [2.75, 3.05) is 10.6 Å². The number of sulfonamides is 1. The summed E-state index contributed by atoms with van der Waals surface area (Å²) < 4.78 is 29.0. The molecule has 0 bridgehead atoms. The van der Waals surface area contributed by atoms with Gasteiger partial charge in [-0.1, -0.05) is 6.07 Å². The zero-order valence-electron chi connectivity index (χ0n) is 17.0. The predicted octanol–water partition coefficient (Wildman–Crippen LogP) is 1.23. The third-order valence-corrected chi connectivity index (χ3v) is 5.84. The molecule has 162 valence electrons. The molecule has 0 spiro atoms. The van der Waals surface area contributed by atoms with Gasteiger partial charge in [0.25, 0.3) is 0 Å². The number of aromatic nitrogens is 4. The van der Waals surface area contributed by atoms with E-state index in [1.165, 1.54) is 49.1 Å². The van der Waals surface area contributed by atoms with Gasteiger partial charge in [-0.05, 0) is 66.2 Å². The van der Waals surface area contributed by atoms with E-state index in [9.17, 15) is 18.0 Å². The van der Waals surface area contributed by atoms with Crippen molar-refractivity contribution in [1.82, 2.24) is 24.9 Å². The predicted molar refractivity (Wildman–Crippen MR) is 113 cm³/mol. The average Bonchev–Trinajstić information content (AvgIpc) is 3.23. The quantitative estimate of drug-likeness (QED) is 0.497. The number of tetrazole rings is 1. The van der Waals surface area contributed by atoms with E-state index < -0.39 is 22.0 Å². The van der Waals surface area contributed by atoms with E-state index in [0.29, 0.717) is 17.1 Å². The third kappa shape index (κ3) is 5.49. The van der Waals surface area contributed by atoms with Crippen molar-refractivity contribution >= 4 is 33.2 Å². The third-order valence-electron chi connectivity index (χ3n) is 4.28. The minimum absolute atomic E-state index is 0.0300. The fraction of sp³-hybridized carbons (Fsp3) is 0.211. The molecular weight excluding hydrogens is 422 g/mol. The molecule has 0 radical (unpaired) electrons. The molecule has 3 rings (SSSR count). The van der Waals surface area contributed by atoms with E-state index in [-0.39, 0.29) is 10.8 Å². The van der Waals surface area contributed by atoms with Gasteiger partial charge in [0, 0.05) is 18.3 Å². The summed E-state index contributed by atoms with van der Waals surface area (Å²) in [5.74, 6) is -0.802. The van der Waals surface area contributed by atoms with Crippen molar-refractivity contribution < 1.29 is 18.0 Å².